The molecular weight excluding hydrogens is 178 g/mol. The summed E-state index contributed by atoms with van der Waals surface area (Å²) in [7, 11) is 0. The molecule has 0 spiro atoms. The Labute approximate surface area is 80.9 Å². The van der Waals surface area contributed by atoms with E-state index >= 15 is 0 Å². The Kier molecular flexibility index (Phi) is 1.83. The maximum absolute atomic E-state index is 10.9. The van der Waals surface area contributed by atoms with Gasteiger partial charge in [-0.25, -0.2) is 0 Å². The van der Waals surface area contributed by atoms with Gasteiger partial charge in [-0.05, 0) is 17.2 Å². The third kappa shape index (κ3) is 1.09. The van der Waals surface area contributed by atoms with E-state index in [4.69, 9.17) is 10.4 Å². The van der Waals surface area contributed by atoms with Gasteiger partial charge >= 0.3 is 5.97 Å². The van der Waals surface area contributed by atoms with Crippen molar-refractivity contribution in [2.45, 2.75) is 5.92 Å². The minimum atomic E-state index is -0.914. The third-order valence-corrected chi connectivity index (χ3v) is 2.31. The first kappa shape index (κ1) is 8.52. The van der Waals surface area contributed by atoms with Gasteiger partial charge in [0.05, 0.1) is 11.6 Å². The fourth-order valence-corrected chi connectivity index (χ4v) is 1.66. The van der Waals surface area contributed by atoms with Crippen LogP contribution in [-0.4, -0.2) is 11.1 Å². The summed E-state index contributed by atoms with van der Waals surface area (Å²) >= 11 is 0. The molecule has 14 heavy (non-hydrogen) atoms. The molecule has 1 unspecified atom stereocenters. The van der Waals surface area contributed by atoms with Crippen LogP contribution in [0, 0.1) is 11.3 Å². The number of allylic oxidation sites excluding steroid dienone is 1. The molecule has 0 bridgehead atoms. The Hall–Kier alpha value is -2.08. The zero-order chi connectivity index (χ0) is 10.1. The lowest BCUT2D eigenvalue weighted by Crippen LogP contribution is -2.06. The Morgan fingerprint density at radius 2 is 2.14 bits per heavy atom. The Morgan fingerprint density at radius 1 is 1.43 bits per heavy atom. The number of aliphatic carboxylic acids is 1. The molecular formula is C11H7NO2. The molecule has 0 heterocycles. The number of carboxylic acids is 1. The monoisotopic (exact) mass is 185 g/mol. The maximum atomic E-state index is 10.9. The Morgan fingerprint density at radius 3 is 2.79 bits per heavy atom. The highest BCUT2D eigenvalue weighted by atomic mass is 16.4. The van der Waals surface area contributed by atoms with Crippen LogP contribution in [0.25, 0.3) is 5.57 Å². The van der Waals surface area contributed by atoms with E-state index in [0.717, 1.165) is 5.56 Å². The number of nitrogens with zero attached hydrogens (tertiary/aromatic N) is 1. The molecule has 1 N–H and O–H groups in total. The highest BCUT2D eigenvalue weighted by Gasteiger charge is 2.27. The fourth-order valence-electron chi connectivity index (χ4n) is 1.66. The normalized spacial score (nSPS) is 18.2. The van der Waals surface area contributed by atoms with Crippen LogP contribution in [0.2, 0.25) is 0 Å². The number of nitriles is 1. The van der Waals surface area contributed by atoms with Crippen molar-refractivity contribution < 1.29 is 9.90 Å². The van der Waals surface area contributed by atoms with Crippen molar-refractivity contribution in [3.63, 3.8) is 0 Å². The van der Waals surface area contributed by atoms with Crippen LogP contribution in [0.4, 0.5) is 0 Å². The lowest BCUT2D eigenvalue weighted by Gasteiger charge is -2.03. The van der Waals surface area contributed by atoms with E-state index in [2.05, 4.69) is 0 Å². The number of hydrogen-bond donors (Lipinski definition) is 1. The van der Waals surface area contributed by atoms with Crippen LogP contribution in [0.15, 0.2) is 30.3 Å². The lowest BCUT2D eigenvalue weighted by atomic mass is 10.0. The van der Waals surface area contributed by atoms with E-state index in [9.17, 15) is 4.79 Å². The fraction of sp³-hybridized carbons (Fsp3) is 0.0909. The number of benzene rings is 1. The van der Waals surface area contributed by atoms with Crippen LogP contribution in [0.5, 0.6) is 0 Å². The summed E-state index contributed by atoms with van der Waals surface area (Å²) in [5, 5.41) is 17.7. The zero-order valence-electron chi connectivity index (χ0n) is 7.27. The topological polar surface area (TPSA) is 61.1 Å². The largest absolute Gasteiger partial charge is 0.481 e. The predicted molar refractivity (Wildman–Crippen MR) is 50.4 cm³/mol. The van der Waals surface area contributed by atoms with Crippen LogP contribution < -0.4 is 0 Å². The van der Waals surface area contributed by atoms with Gasteiger partial charge in [0.1, 0.15) is 5.92 Å². The first-order chi connectivity index (χ1) is 6.74. The zero-order valence-corrected chi connectivity index (χ0v) is 7.27. The van der Waals surface area contributed by atoms with Gasteiger partial charge in [0, 0.05) is 0 Å². The average molecular weight is 185 g/mol. The molecule has 0 saturated carbocycles. The molecule has 2 rings (SSSR count). The number of hydrogen-bond acceptors (Lipinski definition) is 2. The van der Waals surface area contributed by atoms with E-state index in [0.29, 0.717) is 11.1 Å². The van der Waals surface area contributed by atoms with Gasteiger partial charge in [-0.2, -0.15) is 5.26 Å². The number of carboxylic acid groups (broad SMARTS) is 1. The standard InChI is InChI=1S/C11H7NO2/c12-6-7-5-10(11(13)14)9-4-2-1-3-8(7)9/h1-5,10H,(H,13,14). The van der Waals surface area contributed by atoms with Gasteiger partial charge in [-0.15, -0.1) is 0 Å². The maximum Gasteiger partial charge on any atom is 0.314 e. The molecule has 1 aromatic rings. The minimum absolute atomic E-state index is 0.452. The summed E-state index contributed by atoms with van der Waals surface area (Å²) < 4.78 is 0. The van der Waals surface area contributed by atoms with Crippen LogP contribution in [0.1, 0.15) is 17.0 Å². The molecule has 1 atom stereocenters. The molecule has 0 aliphatic heterocycles. The SMILES string of the molecule is N#CC1=CC(C(=O)O)c2ccccc21. The van der Waals surface area contributed by atoms with Crippen molar-refractivity contribution in [1.29, 1.82) is 5.26 Å². The minimum Gasteiger partial charge on any atom is -0.481 e. The summed E-state index contributed by atoms with van der Waals surface area (Å²) in [6.07, 6.45) is 1.49. The second-order valence-electron chi connectivity index (χ2n) is 3.10. The molecule has 3 heteroatoms. The third-order valence-electron chi connectivity index (χ3n) is 2.31. The molecule has 0 fully saturated rings. The van der Waals surface area contributed by atoms with Gasteiger partial charge in [0.15, 0.2) is 0 Å². The smallest absolute Gasteiger partial charge is 0.314 e. The molecule has 0 aromatic heterocycles. The van der Waals surface area contributed by atoms with E-state index in [1.165, 1.54) is 6.08 Å². The quantitative estimate of drug-likeness (QED) is 0.725. The summed E-state index contributed by atoms with van der Waals surface area (Å²) in [5.41, 5.74) is 1.90. The highest BCUT2D eigenvalue weighted by molar-refractivity contribution is 5.93. The Bertz CT molecular complexity index is 468. The first-order valence-corrected chi connectivity index (χ1v) is 4.18. The number of carbonyl (C=O) groups is 1. The van der Waals surface area contributed by atoms with Gasteiger partial charge in [0.25, 0.3) is 0 Å². The van der Waals surface area contributed by atoms with Crippen molar-refractivity contribution in [2.75, 3.05) is 0 Å². The van der Waals surface area contributed by atoms with Gasteiger partial charge in [-0.1, -0.05) is 24.3 Å². The number of fused-ring (bicyclic) bond motifs is 1. The van der Waals surface area contributed by atoms with Crippen molar-refractivity contribution in [1.82, 2.24) is 0 Å². The second kappa shape index (κ2) is 3.00. The molecule has 1 aliphatic rings. The van der Waals surface area contributed by atoms with Gasteiger partial charge in [0.2, 0.25) is 0 Å². The van der Waals surface area contributed by atoms with E-state index < -0.39 is 11.9 Å². The molecule has 68 valence electrons. The summed E-state index contributed by atoms with van der Waals surface area (Å²) in [6, 6.07) is 9.10. The van der Waals surface area contributed by atoms with Crippen molar-refractivity contribution in [3.05, 3.63) is 41.5 Å². The van der Waals surface area contributed by atoms with Crippen LogP contribution in [0.3, 0.4) is 0 Å². The van der Waals surface area contributed by atoms with Gasteiger partial charge < -0.3 is 5.11 Å². The van der Waals surface area contributed by atoms with Crippen molar-refractivity contribution in [2.24, 2.45) is 0 Å². The van der Waals surface area contributed by atoms with Crippen LogP contribution >= 0.6 is 0 Å². The van der Waals surface area contributed by atoms with E-state index in [1.54, 1.807) is 24.3 Å². The number of rotatable bonds is 1. The summed E-state index contributed by atoms with van der Waals surface area (Å²) in [4.78, 5) is 10.9. The Balaban J connectivity index is 2.60. The van der Waals surface area contributed by atoms with Crippen molar-refractivity contribution >= 4 is 11.5 Å². The molecule has 1 aromatic carbocycles. The predicted octanol–water partition coefficient (Wildman–Crippen LogP) is 1.78. The van der Waals surface area contributed by atoms with E-state index in [-0.39, 0.29) is 0 Å². The van der Waals surface area contributed by atoms with Crippen molar-refractivity contribution in [3.8, 4) is 6.07 Å². The molecule has 0 saturated heterocycles. The summed E-state index contributed by atoms with van der Waals surface area (Å²) in [5.74, 6) is -1.58. The average Bonchev–Trinajstić information content (AvgIpc) is 2.56. The summed E-state index contributed by atoms with van der Waals surface area (Å²) in [6.45, 7) is 0. The molecule has 1 aliphatic carbocycles. The van der Waals surface area contributed by atoms with E-state index in [1.807, 2.05) is 6.07 Å². The van der Waals surface area contributed by atoms with Crippen LogP contribution in [-0.2, 0) is 4.79 Å². The lowest BCUT2D eigenvalue weighted by molar-refractivity contribution is -0.137. The van der Waals surface area contributed by atoms with Gasteiger partial charge in [-0.3, -0.25) is 4.79 Å². The first-order valence-electron chi connectivity index (χ1n) is 4.18. The highest BCUT2D eigenvalue weighted by Crippen LogP contribution is 2.35. The molecule has 3 nitrogen and oxygen atoms in total. The second-order valence-corrected chi connectivity index (χ2v) is 3.10. The molecule has 0 radical (unpaired) electrons. The molecule has 0 amide bonds.